The Kier molecular flexibility index (Phi) is 4.85. The summed E-state index contributed by atoms with van der Waals surface area (Å²) in [4.78, 5) is 7.96. The maximum Gasteiger partial charge on any atom is 0.0742 e. The Hall–Kier alpha value is -1.96. The van der Waals surface area contributed by atoms with Crippen LogP contribution in [0.1, 0.15) is 11.1 Å². The summed E-state index contributed by atoms with van der Waals surface area (Å²) in [5.41, 5.74) is 3.96. The molecule has 2 nitrogen and oxygen atoms in total. The molecule has 0 aliphatic carbocycles. The van der Waals surface area contributed by atoms with Crippen LogP contribution in [0.25, 0.3) is 0 Å². The topological polar surface area (TPSA) is 24.7 Å². The Morgan fingerprint density at radius 3 is 1.68 bits per heavy atom. The minimum atomic E-state index is 0.807. The van der Waals surface area contributed by atoms with Crippen LogP contribution in [0.2, 0.25) is 0 Å². The van der Waals surface area contributed by atoms with Gasteiger partial charge in [-0.2, -0.15) is 9.98 Å². The van der Waals surface area contributed by atoms with Crippen molar-refractivity contribution in [3.8, 4) is 0 Å². The fourth-order valence-electron chi connectivity index (χ4n) is 1.81. The van der Waals surface area contributed by atoms with Crippen LogP contribution in [0.15, 0.2) is 58.5 Å². The predicted molar refractivity (Wildman–Crippen MR) is 85.1 cm³/mol. The molecular weight excluding hydrogens is 272 g/mol. The highest BCUT2D eigenvalue weighted by atomic mass is 32.1. The lowest BCUT2D eigenvalue weighted by molar-refractivity contribution is 1.19. The fourth-order valence-corrected chi connectivity index (χ4v) is 2.02. The van der Waals surface area contributed by atoms with E-state index in [-0.39, 0.29) is 0 Å². The first-order valence-electron chi connectivity index (χ1n) is 5.65. The van der Waals surface area contributed by atoms with Crippen LogP contribution < -0.4 is 0 Å². The van der Waals surface area contributed by atoms with E-state index in [1.165, 1.54) is 0 Å². The van der Waals surface area contributed by atoms with Gasteiger partial charge in [-0.3, -0.25) is 0 Å². The quantitative estimate of drug-likeness (QED) is 0.597. The molecule has 0 aliphatic rings. The highest BCUT2D eigenvalue weighted by Gasteiger charge is 1.99. The smallest absolute Gasteiger partial charge is 0.0742 e. The van der Waals surface area contributed by atoms with Crippen LogP contribution in [0.5, 0.6) is 0 Å². The summed E-state index contributed by atoms with van der Waals surface area (Å²) < 4.78 is 0. The fraction of sp³-hybridized carbons (Fsp3) is 0.0667. The molecule has 0 spiro atoms. The Morgan fingerprint density at radius 1 is 0.789 bits per heavy atom. The largest absolute Gasteiger partial charge is 0.195 e. The summed E-state index contributed by atoms with van der Waals surface area (Å²) in [6.07, 6.45) is 0.807. The van der Waals surface area contributed by atoms with E-state index in [2.05, 4.69) is 56.9 Å². The molecule has 0 atom stereocenters. The Balaban J connectivity index is 2.25. The molecule has 0 fully saturated rings. The van der Waals surface area contributed by atoms with Gasteiger partial charge in [0.25, 0.3) is 0 Å². The summed E-state index contributed by atoms with van der Waals surface area (Å²) in [6, 6.07) is 15.8. The Labute approximate surface area is 122 Å². The van der Waals surface area contributed by atoms with Gasteiger partial charge in [0.15, 0.2) is 0 Å². The van der Waals surface area contributed by atoms with Crippen LogP contribution in [0.4, 0.5) is 11.4 Å². The number of hydrogen-bond acceptors (Lipinski definition) is 4. The highest BCUT2D eigenvalue weighted by molar-refractivity contribution is 7.78. The second-order valence-electron chi connectivity index (χ2n) is 3.92. The monoisotopic (exact) mass is 282 g/mol. The second kappa shape index (κ2) is 6.83. The van der Waals surface area contributed by atoms with E-state index in [4.69, 9.17) is 0 Å². The Bertz CT molecular complexity index is 623. The first-order valence-corrected chi connectivity index (χ1v) is 6.47. The molecule has 2 aromatic carbocycles. The number of nitrogens with zero attached hydrogens (tertiary/aromatic N) is 2. The van der Waals surface area contributed by atoms with Gasteiger partial charge in [0, 0.05) is 0 Å². The molecule has 2 rings (SSSR count). The van der Waals surface area contributed by atoms with E-state index in [9.17, 15) is 0 Å². The van der Waals surface area contributed by atoms with Gasteiger partial charge in [-0.05, 0) is 66.2 Å². The van der Waals surface area contributed by atoms with Crippen molar-refractivity contribution in [3.63, 3.8) is 0 Å². The third-order valence-corrected chi connectivity index (χ3v) is 2.76. The summed E-state index contributed by atoms with van der Waals surface area (Å²) in [5.74, 6) is 0. The number of isothiocyanates is 2. The van der Waals surface area contributed by atoms with Gasteiger partial charge >= 0.3 is 0 Å². The van der Waals surface area contributed by atoms with Crippen LogP contribution >= 0.6 is 24.4 Å². The summed E-state index contributed by atoms with van der Waals surface area (Å²) in [6.45, 7) is 0. The molecule has 0 N–H and O–H groups in total. The average Bonchev–Trinajstić information content (AvgIpc) is 2.40. The van der Waals surface area contributed by atoms with Crippen LogP contribution in [-0.2, 0) is 6.42 Å². The van der Waals surface area contributed by atoms with Crippen molar-refractivity contribution in [2.75, 3.05) is 0 Å². The highest BCUT2D eigenvalue weighted by Crippen LogP contribution is 2.19. The molecular formula is C15H10N2S2. The van der Waals surface area contributed by atoms with Gasteiger partial charge in [0.1, 0.15) is 0 Å². The van der Waals surface area contributed by atoms with Crippen molar-refractivity contribution in [3.05, 3.63) is 59.7 Å². The van der Waals surface area contributed by atoms with Gasteiger partial charge in [0.2, 0.25) is 0 Å². The first kappa shape index (κ1) is 13.5. The van der Waals surface area contributed by atoms with E-state index >= 15 is 0 Å². The zero-order valence-corrected chi connectivity index (χ0v) is 11.7. The molecule has 2 aromatic rings. The molecule has 0 saturated carbocycles. The van der Waals surface area contributed by atoms with Crippen molar-refractivity contribution in [2.24, 2.45) is 9.98 Å². The lowest BCUT2D eigenvalue weighted by atomic mass is 10.0. The number of hydrogen-bond donors (Lipinski definition) is 0. The molecule has 0 saturated heterocycles. The van der Waals surface area contributed by atoms with Crippen molar-refractivity contribution in [1.29, 1.82) is 0 Å². The van der Waals surface area contributed by atoms with E-state index in [0.29, 0.717) is 0 Å². The SMILES string of the molecule is S=C=Nc1cccc(Cc2cccc(N=C=S)c2)c1. The van der Waals surface area contributed by atoms with E-state index in [1.807, 2.05) is 36.4 Å². The molecule has 0 unspecified atom stereocenters. The number of aliphatic imine (C=N–C) groups is 2. The molecule has 19 heavy (non-hydrogen) atoms. The minimum absolute atomic E-state index is 0.807. The molecule has 4 heteroatoms. The summed E-state index contributed by atoms with van der Waals surface area (Å²) in [7, 11) is 0. The molecule has 0 aliphatic heterocycles. The number of thiocarbonyl (C=S) groups is 2. The van der Waals surface area contributed by atoms with E-state index in [1.54, 1.807) is 0 Å². The third-order valence-electron chi connectivity index (χ3n) is 2.58. The van der Waals surface area contributed by atoms with Gasteiger partial charge in [0.05, 0.1) is 21.7 Å². The van der Waals surface area contributed by atoms with Crippen LogP contribution in [-0.4, -0.2) is 10.3 Å². The second-order valence-corrected chi connectivity index (χ2v) is 4.29. The van der Waals surface area contributed by atoms with Crippen molar-refractivity contribution in [1.82, 2.24) is 0 Å². The van der Waals surface area contributed by atoms with Crippen LogP contribution in [0.3, 0.4) is 0 Å². The molecule has 0 radical (unpaired) electrons. The average molecular weight is 282 g/mol. The normalized spacial score (nSPS) is 9.26. The standard InChI is InChI=1S/C15H10N2S2/c18-10-16-14-5-1-3-12(8-14)7-13-4-2-6-15(9-13)17-11-19/h1-6,8-9H,7H2. The van der Waals surface area contributed by atoms with Gasteiger partial charge in [-0.15, -0.1) is 0 Å². The molecule has 0 bridgehead atoms. The van der Waals surface area contributed by atoms with Gasteiger partial charge < -0.3 is 0 Å². The van der Waals surface area contributed by atoms with Crippen molar-refractivity contribution in [2.45, 2.75) is 6.42 Å². The minimum Gasteiger partial charge on any atom is -0.195 e. The van der Waals surface area contributed by atoms with E-state index in [0.717, 1.165) is 28.9 Å². The zero-order chi connectivity index (χ0) is 13.5. The zero-order valence-electron chi connectivity index (χ0n) is 10.0. The maximum atomic E-state index is 4.61. The molecule has 92 valence electrons. The summed E-state index contributed by atoms with van der Waals surface area (Å²) in [5, 5.41) is 4.75. The predicted octanol–water partition coefficient (Wildman–Crippen LogP) is 4.75. The molecule has 0 heterocycles. The van der Waals surface area contributed by atoms with Crippen molar-refractivity contribution < 1.29 is 0 Å². The number of benzene rings is 2. The lowest BCUT2D eigenvalue weighted by Crippen LogP contribution is -1.87. The van der Waals surface area contributed by atoms with Crippen LogP contribution in [0, 0.1) is 0 Å². The van der Waals surface area contributed by atoms with E-state index < -0.39 is 0 Å². The first-order chi connectivity index (χ1) is 9.31. The molecule has 0 amide bonds. The maximum absolute atomic E-state index is 4.61. The molecule has 0 aromatic heterocycles. The summed E-state index contributed by atoms with van der Waals surface area (Å²) >= 11 is 9.21. The Morgan fingerprint density at radius 2 is 1.26 bits per heavy atom. The lowest BCUT2D eigenvalue weighted by Gasteiger charge is -2.03. The third kappa shape index (κ3) is 4.02. The van der Waals surface area contributed by atoms with Gasteiger partial charge in [-0.1, -0.05) is 24.3 Å². The van der Waals surface area contributed by atoms with Gasteiger partial charge in [-0.25, -0.2) is 0 Å². The van der Waals surface area contributed by atoms with Crippen molar-refractivity contribution >= 4 is 46.1 Å². The number of rotatable bonds is 4.